The molecule has 1 atom stereocenters. The van der Waals surface area contributed by atoms with E-state index in [1.807, 2.05) is 31.7 Å². The first-order chi connectivity index (χ1) is 9.85. The van der Waals surface area contributed by atoms with Crippen LogP contribution in [0.5, 0.6) is 0 Å². The Morgan fingerprint density at radius 2 is 2.29 bits per heavy atom. The summed E-state index contributed by atoms with van der Waals surface area (Å²) in [6.45, 7) is 7.08. The number of halogens is 1. The minimum atomic E-state index is -0.461. The summed E-state index contributed by atoms with van der Waals surface area (Å²) in [6, 6.07) is 3.77. The van der Waals surface area contributed by atoms with Crippen LogP contribution in [0.2, 0.25) is 5.15 Å². The Morgan fingerprint density at radius 1 is 1.52 bits per heavy atom. The molecule has 0 bridgehead atoms. The molecule has 1 N–H and O–H groups in total. The number of hydrogen-bond acceptors (Lipinski definition) is 4. The Morgan fingerprint density at radius 3 is 2.90 bits per heavy atom. The molecule has 2 heterocycles. The molecule has 0 aromatic carbocycles. The van der Waals surface area contributed by atoms with E-state index >= 15 is 0 Å². The number of carbonyl (C=O) groups excluding carboxylic acids is 1. The van der Waals surface area contributed by atoms with Crippen LogP contribution in [0.4, 0.5) is 10.5 Å². The Kier molecular flexibility index (Phi) is 4.93. The lowest BCUT2D eigenvalue weighted by Crippen LogP contribution is -2.42. The summed E-state index contributed by atoms with van der Waals surface area (Å²) in [5, 5.41) is 3.76. The molecular weight excluding hydrogens is 290 g/mol. The quantitative estimate of drug-likeness (QED) is 0.867. The molecule has 21 heavy (non-hydrogen) atoms. The fraction of sp³-hybridized carbons (Fsp3) is 0.600. The standard InChI is InChI=1S/C15H22ClN3O2/c1-15(2,3)21-14(20)19-8-4-5-12(19)10-17-11-6-7-13(16)18-9-11/h6-7,9,12,17H,4-5,8,10H2,1-3H3. The Balaban J connectivity index is 1.90. The highest BCUT2D eigenvalue weighted by atomic mass is 35.5. The number of amides is 1. The summed E-state index contributed by atoms with van der Waals surface area (Å²) < 4.78 is 5.45. The summed E-state index contributed by atoms with van der Waals surface area (Å²) in [5.41, 5.74) is 0.438. The summed E-state index contributed by atoms with van der Waals surface area (Å²) >= 11 is 5.76. The monoisotopic (exact) mass is 311 g/mol. The van der Waals surface area contributed by atoms with Gasteiger partial charge in [-0.15, -0.1) is 0 Å². The van der Waals surface area contributed by atoms with Crippen molar-refractivity contribution in [2.45, 2.75) is 45.3 Å². The van der Waals surface area contributed by atoms with Crippen LogP contribution in [-0.4, -0.2) is 40.7 Å². The zero-order valence-corrected chi connectivity index (χ0v) is 13.5. The average molecular weight is 312 g/mol. The second-order valence-electron chi connectivity index (χ2n) is 6.22. The summed E-state index contributed by atoms with van der Waals surface area (Å²) in [5.74, 6) is 0. The van der Waals surface area contributed by atoms with Gasteiger partial charge in [0.2, 0.25) is 0 Å². The van der Waals surface area contributed by atoms with Gasteiger partial charge in [0.15, 0.2) is 0 Å². The van der Waals surface area contributed by atoms with E-state index in [-0.39, 0.29) is 12.1 Å². The molecule has 1 unspecified atom stereocenters. The highest BCUT2D eigenvalue weighted by molar-refractivity contribution is 6.29. The summed E-state index contributed by atoms with van der Waals surface area (Å²) in [7, 11) is 0. The second-order valence-corrected chi connectivity index (χ2v) is 6.61. The Hall–Kier alpha value is -1.49. The first-order valence-electron chi connectivity index (χ1n) is 7.20. The maximum absolute atomic E-state index is 12.2. The molecule has 0 radical (unpaired) electrons. The van der Waals surface area contributed by atoms with Gasteiger partial charge in [-0.3, -0.25) is 0 Å². The number of aromatic nitrogens is 1. The summed E-state index contributed by atoms with van der Waals surface area (Å²) in [6.07, 6.45) is 3.44. The molecule has 6 heteroatoms. The fourth-order valence-corrected chi connectivity index (χ4v) is 2.44. The zero-order chi connectivity index (χ0) is 15.5. The third kappa shape index (κ3) is 4.77. The van der Waals surface area contributed by atoms with E-state index in [0.717, 1.165) is 25.1 Å². The molecule has 2 rings (SSSR count). The normalized spacial score (nSPS) is 18.7. The van der Waals surface area contributed by atoms with Gasteiger partial charge in [-0.2, -0.15) is 0 Å². The van der Waals surface area contributed by atoms with Crippen LogP contribution in [0.3, 0.4) is 0 Å². The van der Waals surface area contributed by atoms with Gasteiger partial charge in [0.25, 0.3) is 0 Å². The summed E-state index contributed by atoms with van der Waals surface area (Å²) in [4.78, 5) is 18.0. The van der Waals surface area contributed by atoms with Crippen LogP contribution in [-0.2, 0) is 4.74 Å². The number of nitrogens with one attached hydrogen (secondary N) is 1. The largest absolute Gasteiger partial charge is 0.444 e. The maximum atomic E-state index is 12.2. The molecule has 1 aliphatic rings. The van der Waals surface area contributed by atoms with E-state index < -0.39 is 5.60 Å². The lowest BCUT2D eigenvalue weighted by molar-refractivity contribution is 0.0235. The third-order valence-corrected chi connectivity index (χ3v) is 3.50. The number of pyridine rings is 1. The van der Waals surface area contributed by atoms with Crippen molar-refractivity contribution in [3.05, 3.63) is 23.5 Å². The minimum Gasteiger partial charge on any atom is -0.444 e. The van der Waals surface area contributed by atoms with Crippen molar-refractivity contribution in [2.75, 3.05) is 18.4 Å². The van der Waals surface area contributed by atoms with E-state index in [1.165, 1.54) is 0 Å². The molecule has 5 nitrogen and oxygen atoms in total. The predicted molar refractivity (Wildman–Crippen MR) is 83.7 cm³/mol. The fourth-order valence-electron chi connectivity index (χ4n) is 2.32. The molecule has 0 saturated carbocycles. The number of anilines is 1. The SMILES string of the molecule is CC(C)(C)OC(=O)N1CCCC1CNc1ccc(Cl)nc1. The van der Waals surface area contributed by atoms with Gasteiger partial charge < -0.3 is 15.0 Å². The van der Waals surface area contributed by atoms with Crippen molar-refractivity contribution in [3.8, 4) is 0 Å². The van der Waals surface area contributed by atoms with E-state index in [9.17, 15) is 4.79 Å². The van der Waals surface area contributed by atoms with Crippen molar-refractivity contribution < 1.29 is 9.53 Å². The van der Waals surface area contributed by atoms with Crippen LogP contribution < -0.4 is 5.32 Å². The van der Waals surface area contributed by atoms with Gasteiger partial charge in [-0.1, -0.05) is 11.6 Å². The third-order valence-electron chi connectivity index (χ3n) is 3.27. The highest BCUT2D eigenvalue weighted by Crippen LogP contribution is 2.21. The molecule has 1 fully saturated rings. The van der Waals surface area contributed by atoms with Crippen molar-refractivity contribution in [2.24, 2.45) is 0 Å². The lowest BCUT2D eigenvalue weighted by atomic mass is 10.2. The van der Waals surface area contributed by atoms with Crippen molar-refractivity contribution >= 4 is 23.4 Å². The number of ether oxygens (including phenoxy) is 1. The average Bonchev–Trinajstić information content (AvgIpc) is 2.84. The Bertz CT molecular complexity index is 485. The molecule has 1 aromatic heterocycles. The topological polar surface area (TPSA) is 54.5 Å². The van der Waals surface area contributed by atoms with E-state index in [2.05, 4.69) is 10.3 Å². The van der Waals surface area contributed by atoms with Crippen LogP contribution in [0.25, 0.3) is 0 Å². The van der Waals surface area contributed by atoms with E-state index in [4.69, 9.17) is 16.3 Å². The number of likely N-dealkylation sites (tertiary alicyclic amines) is 1. The van der Waals surface area contributed by atoms with E-state index in [0.29, 0.717) is 11.7 Å². The van der Waals surface area contributed by atoms with Crippen LogP contribution in [0, 0.1) is 0 Å². The van der Waals surface area contributed by atoms with Crippen LogP contribution >= 0.6 is 11.6 Å². The van der Waals surface area contributed by atoms with E-state index in [1.54, 1.807) is 12.3 Å². The van der Waals surface area contributed by atoms with Gasteiger partial charge in [-0.05, 0) is 45.7 Å². The van der Waals surface area contributed by atoms with Crippen molar-refractivity contribution in [3.63, 3.8) is 0 Å². The zero-order valence-electron chi connectivity index (χ0n) is 12.7. The Labute approximate surface area is 130 Å². The molecule has 1 aliphatic heterocycles. The minimum absolute atomic E-state index is 0.149. The molecule has 0 aliphatic carbocycles. The maximum Gasteiger partial charge on any atom is 0.410 e. The van der Waals surface area contributed by atoms with Gasteiger partial charge >= 0.3 is 6.09 Å². The molecular formula is C15H22ClN3O2. The van der Waals surface area contributed by atoms with Crippen LogP contribution in [0.1, 0.15) is 33.6 Å². The number of rotatable bonds is 3. The van der Waals surface area contributed by atoms with Crippen LogP contribution in [0.15, 0.2) is 18.3 Å². The van der Waals surface area contributed by atoms with Gasteiger partial charge in [0, 0.05) is 13.1 Å². The van der Waals surface area contributed by atoms with Gasteiger partial charge in [0.1, 0.15) is 10.8 Å². The molecule has 116 valence electrons. The van der Waals surface area contributed by atoms with Crippen molar-refractivity contribution in [1.29, 1.82) is 0 Å². The smallest absolute Gasteiger partial charge is 0.410 e. The first kappa shape index (κ1) is 15.9. The first-order valence-corrected chi connectivity index (χ1v) is 7.58. The van der Waals surface area contributed by atoms with Crippen molar-refractivity contribution in [1.82, 2.24) is 9.88 Å². The highest BCUT2D eigenvalue weighted by Gasteiger charge is 2.31. The second kappa shape index (κ2) is 6.52. The molecule has 0 spiro atoms. The number of hydrogen-bond donors (Lipinski definition) is 1. The van der Waals surface area contributed by atoms with Gasteiger partial charge in [0.05, 0.1) is 17.9 Å². The number of nitrogens with zero attached hydrogens (tertiary/aromatic N) is 2. The van der Waals surface area contributed by atoms with Gasteiger partial charge in [-0.25, -0.2) is 9.78 Å². The lowest BCUT2D eigenvalue weighted by Gasteiger charge is -2.28. The molecule has 1 amide bonds. The molecule has 1 saturated heterocycles. The number of carbonyl (C=O) groups is 1. The molecule has 1 aromatic rings. The predicted octanol–water partition coefficient (Wildman–Crippen LogP) is 3.55.